The smallest absolute Gasteiger partial charge is 0.495 e. The van der Waals surface area contributed by atoms with E-state index in [4.69, 9.17) is 16.3 Å². The number of sulfone groups is 1. The average Bonchev–Trinajstić information content (AvgIpc) is 3.31. The first-order chi connectivity index (χ1) is 13.6. The largest absolute Gasteiger partial charge is 0.501 e. The Kier molecular flexibility index (Phi) is 4.74. The molecule has 0 saturated heterocycles. The molecule has 2 aliphatic rings. The van der Waals surface area contributed by atoms with Crippen LogP contribution in [0.1, 0.15) is 36.8 Å². The first-order valence-electron chi connectivity index (χ1n) is 9.04. The zero-order valence-corrected chi connectivity index (χ0v) is 17.1. The summed E-state index contributed by atoms with van der Waals surface area (Å²) in [6.45, 7) is 0. The zero-order chi connectivity index (χ0) is 21.0. The molecule has 1 fully saturated rings. The summed E-state index contributed by atoms with van der Waals surface area (Å²) in [6, 6.07) is 10.5. The van der Waals surface area contributed by atoms with Crippen molar-refractivity contribution in [3.05, 3.63) is 58.6 Å². The molecule has 8 heteroatoms. The second-order valence-electron chi connectivity index (χ2n) is 7.63. The number of hydrogen-bond acceptors (Lipinski definition) is 3. The number of halogens is 4. The Hall–Kier alpha value is -1.99. The van der Waals surface area contributed by atoms with Gasteiger partial charge in [-0.2, -0.15) is 13.2 Å². The van der Waals surface area contributed by atoms with Crippen molar-refractivity contribution in [3.8, 4) is 5.75 Å². The number of benzene rings is 2. The minimum atomic E-state index is -5.35. The van der Waals surface area contributed by atoms with Crippen molar-refractivity contribution in [1.29, 1.82) is 0 Å². The first kappa shape index (κ1) is 20.3. The van der Waals surface area contributed by atoms with Gasteiger partial charge < -0.3 is 4.74 Å². The van der Waals surface area contributed by atoms with Gasteiger partial charge in [0.1, 0.15) is 5.75 Å². The summed E-state index contributed by atoms with van der Waals surface area (Å²) in [5.41, 5.74) is -1.31. The lowest BCUT2D eigenvalue weighted by Gasteiger charge is -2.12. The number of ether oxygens (including phenoxy) is 1. The van der Waals surface area contributed by atoms with Crippen LogP contribution >= 0.6 is 11.6 Å². The maximum absolute atomic E-state index is 12.8. The molecule has 0 aromatic heterocycles. The van der Waals surface area contributed by atoms with E-state index in [9.17, 15) is 21.6 Å². The van der Waals surface area contributed by atoms with Gasteiger partial charge in [0.15, 0.2) is 0 Å². The molecule has 154 valence electrons. The maximum atomic E-state index is 12.8. The summed E-state index contributed by atoms with van der Waals surface area (Å²) in [4.78, 5) is -0.748. The summed E-state index contributed by atoms with van der Waals surface area (Å²) in [6.07, 6.45) is 3.89. The molecule has 2 aromatic rings. The van der Waals surface area contributed by atoms with Gasteiger partial charge in [-0.15, -0.1) is 0 Å². The van der Waals surface area contributed by atoms with Crippen molar-refractivity contribution < 1.29 is 26.3 Å². The summed E-state index contributed by atoms with van der Waals surface area (Å²) < 4.78 is 66.8. The molecule has 4 rings (SSSR count). The lowest BCUT2D eigenvalue weighted by atomic mass is 9.97. The fourth-order valence-corrected chi connectivity index (χ4v) is 4.95. The van der Waals surface area contributed by atoms with Crippen molar-refractivity contribution in [1.82, 2.24) is 0 Å². The Balaban J connectivity index is 1.75. The summed E-state index contributed by atoms with van der Waals surface area (Å²) in [5, 5.41) is 0.486. The van der Waals surface area contributed by atoms with E-state index >= 15 is 0 Å². The van der Waals surface area contributed by atoms with E-state index in [0.717, 1.165) is 60.1 Å². The van der Waals surface area contributed by atoms with Crippen LogP contribution in [0.2, 0.25) is 5.02 Å². The van der Waals surface area contributed by atoms with Crippen molar-refractivity contribution in [3.63, 3.8) is 0 Å². The van der Waals surface area contributed by atoms with Gasteiger partial charge in [-0.3, -0.25) is 0 Å². The molecule has 1 saturated carbocycles. The van der Waals surface area contributed by atoms with E-state index in [-0.39, 0.29) is 5.41 Å². The highest BCUT2D eigenvalue weighted by atomic mass is 35.5. The zero-order valence-electron chi connectivity index (χ0n) is 15.5. The Morgan fingerprint density at radius 3 is 2.00 bits per heavy atom. The van der Waals surface area contributed by atoms with Crippen LogP contribution in [-0.2, 0) is 9.84 Å². The topological polar surface area (TPSA) is 43.4 Å². The molecule has 29 heavy (non-hydrogen) atoms. The first-order valence-corrected chi connectivity index (χ1v) is 10.9. The predicted molar refractivity (Wildman–Crippen MR) is 105 cm³/mol. The number of methoxy groups -OCH3 is 1. The Labute approximate surface area is 172 Å². The number of hydrogen-bond donors (Lipinski definition) is 0. The van der Waals surface area contributed by atoms with Gasteiger partial charge >= 0.3 is 5.51 Å². The predicted octanol–water partition coefficient (Wildman–Crippen LogP) is 6.13. The van der Waals surface area contributed by atoms with Crippen molar-refractivity contribution in [2.45, 2.75) is 36.1 Å². The normalized spacial score (nSPS) is 18.4. The molecule has 0 atom stereocenters. The third kappa shape index (κ3) is 3.55. The van der Waals surface area contributed by atoms with Crippen molar-refractivity contribution in [2.75, 3.05) is 7.11 Å². The quantitative estimate of drug-likeness (QED) is 0.572. The van der Waals surface area contributed by atoms with Crippen LogP contribution in [0.4, 0.5) is 13.2 Å². The van der Waals surface area contributed by atoms with Crippen LogP contribution in [0.5, 0.6) is 5.75 Å². The maximum Gasteiger partial charge on any atom is 0.501 e. The monoisotopic (exact) mass is 442 g/mol. The fourth-order valence-electron chi connectivity index (χ4n) is 3.93. The van der Waals surface area contributed by atoms with Crippen LogP contribution in [0, 0.1) is 5.41 Å². The van der Waals surface area contributed by atoms with Gasteiger partial charge in [0, 0.05) is 0 Å². The van der Waals surface area contributed by atoms with Crippen LogP contribution in [0.25, 0.3) is 11.1 Å². The van der Waals surface area contributed by atoms with Crippen LogP contribution < -0.4 is 4.74 Å². The van der Waals surface area contributed by atoms with E-state index in [1.807, 2.05) is 12.1 Å². The van der Waals surface area contributed by atoms with E-state index in [1.165, 1.54) is 19.2 Å². The highest BCUT2D eigenvalue weighted by Crippen LogP contribution is 2.63. The van der Waals surface area contributed by atoms with Gasteiger partial charge in [-0.25, -0.2) is 8.42 Å². The number of rotatable bonds is 4. The van der Waals surface area contributed by atoms with E-state index in [0.29, 0.717) is 10.8 Å². The Bertz CT molecular complexity index is 1100. The number of alkyl halides is 3. The van der Waals surface area contributed by atoms with Gasteiger partial charge in [-0.1, -0.05) is 29.8 Å². The summed E-state index contributed by atoms with van der Waals surface area (Å²) in [5.74, 6) is 0.568. The second kappa shape index (κ2) is 6.77. The number of allylic oxidation sites excluding steroid dienone is 2. The highest BCUT2D eigenvalue weighted by Gasteiger charge is 2.49. The third-order valence-electron chi connectivity index (χ3n) is 5.74. The molecule has 3 nitrogen and oxygen atoms in total. The van der Waals surface area contributed by atoms with Crippen LogP contribution in [0.15, 0.2) is 47.4 Å². The second-order valence-corrected chi connectivity index (χ2v) is 9.98. The Morgan fingerprint density at radius 2 is 1.52 bits per heavy atom. The van der Waals surface area contributed by atoms with Crippen LogP contribution in [0.3, 0.4) is 0 Å². The van der Waals surface area contributed by atoms with Gasteiger partial charge in [0.2, 0.25) is 0 Å². The molecular weight excluding hydrogens is 425 g/mol. The molecule has 0 unspecified atom stereocenters. The molecule has 0 N–H and O–H groups in total. The van der Waals surface area contributed by atoms with E-state index in [1.54, 1.807) is 6.07 Å². The SMILES string of the molecule is COc1ccc(C2=C(c3ccc(S(=O)(=O)C(F)(F)F)cc3)CC3(CC3)C2)cc1Cl. The van der Waals surface area contributed by atoms with Gasteiger partial charge in [-0.05, 0) is 77.6 Å². The molecule has 0 bridgehead atoms. The van der Waals surface area contributed by atoms with Gasteiger partial charge in [0.25, 0.3) is 9.84 Å². The van der Waals surface area contributed by atoms with Crippen molar-refractivity contribution >= 4 is 32.6 Å². The highest BCUT2D eigenvalue weighted by molar-refractivity contribution is 7.92. The Morgan fingerprint density at radius 1 is 0.966 bits per heavy atom. The third-order valence-corrected chi connectivity index (χ3v) is 7.54. The molecule has 0 amide bonds. The minimum absolute atomic E-state index is 0.202. The molecular formula is C21H18ClF3O3S. The molecule has 2 aliphatic carbocycles. The summed E-state index contributed by atoms with van der Waals surface area (Å²) in [7, 11) is -3.82. The average molecular weight is 443 g/mol. The fraction of sp³-hybridized carbons (Fsp3) is 0.333. The standard InChI is InChI=1S/C21H18ClF3O3S/c1-28-19-7-4-14(10-18(19)22)17-12-20(8-9-20)11-16(17)13-2-5-15(6-3-13)29(26,27)21(23,24)25/h2-7,10H,8-9,11-12H2,1H3. The minimum Gasteiger partial charge on any atom is -0.495 e. The molecule has 1 spiro atoms. The van der Waals surface area contributed by atoms with Crippen LogP contribution in [-0.4, -0.2) is 21.0 Å². The molecule has 0 radical (unpaired) electrons. The van der Waals surface area contributed by atoms with Crippen molar-refractivity contribution in [2.24, 2.45) is 5.41 Å². The lowest BCUT2D eigenvalue weighted by molar-refractivity contribution is -0.0436. The van der Waals surface area contributed by atoms with Gasteiger partial charge in [0.05, 0.1) is 17.0 Å². The lowest BCUT2D eigenvalue weighted by Crippen LogP contribution is -2.23. The summed E-state index contributed by atoms with van der Waals surface area (Å²) >= 11 is 6.28. The molecule has 0 heterocycles. The molecule has 2 aromatic carbocycles. The molecule has 0 aliphatic heterocycles. The van der Waals surface area contributed by atoms with E-state index in [2.05, 4.69) is 0 Å². The van der Waals surface area contributed by atoms with E-state index < -0.39 is 20.2 Å².